The van der Waals surface area contributed by atoms with Gasteiger partial charge in [0.15, 0.2) is 0 Å². The standard InChI is InChI=1S/C17H20N2O/c1-19(16(20)17(18)9-10-17)11-8-13-6-7-14-4-2-3-5-15(14)12-13/h2-7,12H,8-11,18H2,1H3. The maximum atomic E-state index is 12.1. The average molecular weight is 268 g/mol. The van der Waals surface area contributed by atoms with E-state index in [1.165, 1.54) is 16.3 Å². The van der Waals surface area contributed by atoms with Gasteiger partial charge in [-0.1, -0.05) is 42.5 Å². The molecule has 3 nitrogen and oxygen atoms in total. The van der Waals surface area contributed by atoms with Crippen LogP contribution in [0, 0.1) is 0 Å². The van der Waals surface area contributed by atoms with Crippen LogP contribution >= 0.6 is 0 Å². The molecule has 20 heavy (non-hydrogen) atoms. The number of nitrogens with zero attached hydrogens (tertiary/aromatic N) is 1. The molecule has 1 fully saturated rings. The third-order valence-corrected chi connectivity index (χ3v) is 4.11. The smallest absolute Gasteiger partial charge is 0.242 e. The largest absolute Gasteiger partial charge is 0.344 e. The van der Waals surface area contributed by atoms with Crippen LogP contribution in [0.2, 0.25) is 0 Å². The zero-order valence-corrected chi connectivity index (χ0v) is 11.8. The summed E-state index contributed by atoms with van der Waals surface area (Å²) in [5.41, 5.74) is 6.64. The topological polar surface area (TPSA) is 46.3 Å². The first-order valence-electron chi connectivity index (χ1n) is 7.11. The molecule has 1 aliphatic rings. The predicted octanol–water partition coefficient (Wildman–Crippen LogP) is 2.33. The summed E-state index contributed by atoms with van der Waals surface area (Å²) in [6.45, 7) is 0.718. The molecular weight excluding hydrogens is 248 g/mol. The Morgan fingerprint density at radius 1 is 1.20 bits per heavy atom. The van der Waals surface area contributed by atoms with Crippen molar-refractivity contribution < 1.29 is 4.79 Å². The van der Waals surface area contributed by atoms with E-state index >= 15 is 0 Å². The molecule has 0 radical (unpaired) electrons. The number of nitrogens with two attached hydrogens (primary N) is 1. The number of hydrogen-bond acceptors (Lipinski definition) is 2. The van der Waals surface area contributed by atoms with Crippen LogP contribution in [0.25, 0.3) is 10.8 Å². The molecule has 0 spiro atoms. The van der Waals surface area contributed by atoms with Crippen LogP contribution in [0.1, 0.15) is 18.4 Å². The minimum absolute atomic E-state index is 0.0817. The number of hydrogen-bond donors (Lipinski definition) is 1. The molecule has 3 heteroatoms. The number of benzene rings is 2. The molecule has 0 aromatic heterocycles. The van der Waals surface area contributed by atoms with Crippen LogP contribution in [0.15, 0.2) is 42.5 Å². The summed E-state index contributed by atoms with van der Waals surface area (Å²) in [6, 6.07) is 14.8. The van der Waals surface area contributed by atoms with Crippen molar-refractivity contribution in [3.63, 3.8) is 0 Å². The zero-order valence-electron chi connectivity index (χ0n) is 11.8. The van der Waals surface area contributed by atoms with E-state index in [2.05, 4.69) is 30.3 Å². The summed E-state index contributed by atoms with van der Waals surface area (Å²) in [7, 11) is 1.84. The summed E-state index contributed by atoms with van der Waals surface area (Å²) >= 11 is 0. The molecule has 0 atom stereocenters. The zero-order chi connectivity index (χ0) is 14.2. The fourth-order valence-electron chi connectivity index (χ4n) is 2.52. The number of amides is 1. The highest BCUT2D eigenvalue weighted by Gasteiger charge is 2.47. The molecule has 0 heterocycles. The van der Waals surface area contributed by atoms with E-state index in [0.29, 0.717) is 0 Å². The molecule has 104 valence electrons. The summed E-state index contributed by atoms with van der Waals surface area (Å²) in [5.74, 6) is 0.0817. The van der Waals surface area contributed by atoms with Crippen LogP contribution < -0.4 is 5.73 Å². The van der Waals surface area contributed by atoms with E-state index in [0.717, 1.165) is 25.8 Å². The van der Waals surface area contributed by atoms with Gasteiger partial charge in [-0.3, -0.25) is 4.79 Å². The highest BCUT2D eigenvalue weighted by atomic mass is 16.2. The number of rotatable bonds is 4. The lowest BCUT2D eigenvalue weighted by Gasteiger charge is -2.20. The van der Waals surface area contributed by atoms with Crippen LogP contribution in [0.5, 0.6) is 0 Å². The summed E-state index contributed by atoms with van der Waals surface area (Å²) in [6.07, 6.45) is 2.52. The van der Waals surface area contributed by atoms with E-state index in [9.17, 15) is 4.79 Å². The molecule has 0 saturated heterocycles. The summed E-state index contributed by atoms with van der Waals surface area (Å²) < 4.78 is 0. The number of carbonyl (C=O) groups excluding carboxylic acids is 1. The van der Waals surface area contributed by atoms with Gasteiger partial charge in [0, 0.05) is 13.6 Å². The van der Waals surface area contributed by atoms with Crippen LogP contribution in [-0.4, -0.2) is 29.9 Å². The third kappa shape index (κ3) is 2.54. The minimum atomic E-state index is -0.557. The van der Waals surface area contributed by atoms with Crippen LogP contribution in [0.3, 0.4) is 0 Å². The van der Waals surface area contributed by atoms with E-state index in [4.69, 9.17) is 5.73 Å². The van der Waals surface area contributed by atoms with Gasteiger partial charge in [-0.15, -0.1) is 0 Å². The van der Waals surface area contributed by atoms with Gasteiger partial charge >= 0.3 is 0 Å². The molecule has 1 amide bonds. The lowest BCUT2D eigenvalue weighted by Crippen LogP contribution is -2.44. The first-order valence-corrected chi connectivity index (χ1v) is 7.11. The van der Waals surface area contributed by atoms with Crippen LogP contribution in [-0.2, 0) is 11.2 Å². The molecule has 2 aromatic carbocycles. The third-order valence-electron chi connectivity index (χ3n) is 4.11. The Morgan fingerprint density at radius 2 is 1.90 bits per heavy atom. The Morgan fingerprint density at radius 3 is 2.60 bits per heavy atom. The van der Waals surface area contributed by atoms with E-state index < -0.39 is 5.54 Å². The Bertz CT molecular complexity index is 646. The van der Waals surface area contributed by atoms with E-state index in [1.807, 2.05) is 19.2 Å². The molecule has 1 saturated carbocycles. The molecule has 3 rings (SSSR count). The van der Waals surface area contributed by atoms with Crippen LogP contribution in [0.4, 0.5) is 0 Å². The second-order valence-corrected chi connectivity index (χ2v) is 5.81. The van der Waals surface area contributed by atoms with Crippen molar-refractivity contribution in [2.24, 2.45) is 5.73 Å². The van der Waals surface area contributed by atoms with Crippen molar-refractivity contribution in [3.05, 3.63) is 48.0 Å². The minimum Gasteiger partial charge on any atom is -0.344 e. The molecule has 0 unspecified atom stereocenters. The molecule has 1 aliphatic carbocycles. The fourth-order valence-corrected chi connectivity index (χ4v) is 2.52. The Labute approximate surface area is 119 Å². The highest BCUT2D eigenvalue weighted by molar-refractivity contribution is 5.89. The van der Waals surface area contributed by atoms with Gasteiger partial charge in [0.25, 0.3) is 0 Å². The maximum Gasteiger partial charge on any atom is 0.242 e. The molecule has 0 aliphatic heterocycles. The van der Waals surface area contributed by atoms with E-state index in [1.54, 1.807) is 4.90 Å². The van der Waals surface area contributed by atoms with Crippen molar-refractivity contribution in [1.29, 1.82) is 0 Å². The second kappa shape index (κ2) is 4.91. The highest BCUT2D eigenvalue weighted by Crippen LogP contribution is 2.33. The second-order valence-electron chi connectivity index (χ2n) is 5.81. The lowest BCUT2D eigenvalue weighted by atomic mass is 10.0. The van der Waals surface area contributed by atoms with Gasteiger partial charge in [-0.05, 0) is 35.6 Å². The summed E-state index contributed by atoms with van der Waals surface area (Å²) in [4.78, 5) is 13.8. The molecular formula is C17H20N2O. The van der Waals surface area contributed by atoms with Gasteiger partial charge in [0.2, 0.25) is 5.91 Å². The normalized spacial score (nSPS) is 16.1. The number of likely N-dealkylation sites (N-methyl/N-ethyl adjacent to an activating group) is 1. The molecule has 0 bridgehead atoms. The average Bonchev–Trinajstić information content (AvgIpc) is 3.23. The van der Waals surface area contributed by atoms with E-state index in [-0.39, 0.29) is 5.91 Å². The van der Waals surface area contributed by atoms with Gasteiger partial charge < -0.3 is 10.6 Å². The van der Waals surface area contributed by atoms with Gasteiger partial charge in [-0.25, -0.2) is 0 Å². The first kappa shape index (κ1) is 13.1. The van der Waals surface area contributed by atoms with Crippen molar-refractivity contribution in [2.45, 2.75) is 24.8 Å². The van der Waals surface area contributed by atoms with Crippen molar-refractivity contribution in [1.82, 2.24) is 4.90 Å². The molecule has 2 aromatic rings. The van der Waals surface area contributed by atoms with Crippen molar-refractivity contribution >= 4 is 16.7 Å². The summed E-state index contributed by atoms with van der Waals surface area (Å²) in [5, 5.41) is 2.50. The lowest BCUT2D eigenvalue weighted by molar-refractivity contribution is -0.132. The maximum absolute atomic E-state index is 12.1. The monoisotopic (exact) mass is 268 g/mol. The Hall–Kier alpha value is -1.87. The molecule has 2 N–H and O–H groups in total. The van der Waals surface area contributed by atoms with Gasteiger partial charge in [-0.2, -0.15) is 0 Å². The Kier molecular flexibility index (Phi) is 3.22. The first-order chi connectivity index (χ1) is 9.58. The van der Waals surface area contributed by atoms with Gasteiger partial charge in [0.1, 0.15) is 0 Å². The van der Waals surface area contributed by atoms with Crippen molar-refractivity contribution in [2.75, 3.05) is 13.6 Å². The van der Waals surface area contributed by atoms with Gasteiger partial charge in [0.05, 0.1) is 5.54 Å². The predicted molar refractivity (Wildman–Crippen MR) is 81.4 cm³/mol. The SMILES string of the molecule is CN(CCc1ccc2ccccc2c1)C(=O)C1(N)CC1. The fraction of sp³-hybridized carbons (Fsp3) is 0.353. The number of fused-ring (bicyclic) bond motifs is 1. The quantitative estimate of drug-likeness (QED) is 0.925. The Balaban J connectivity index is 1.66. The van der Waals surface area contributed by atoms with Crippen molar-refractivity contribution in [3.8, 4) is 0 Å². The number of carbonyl (C=O) groups is 1.